The molecule has 0 aliphatic carbocycles. The molecule has 0 amide bonds. The van der Waals surface area contributed by atoms with E-state index in [1.54, 1.807) is 33.2 Å². The molecule has 21 heavy (non-hydrogen) atoms. The normalized spacial score (nSPS) is 17.2. The molecule has 0 aromatic carbocycles. The highest BCUT2D eigenvalue weighted by Gasteiger charge is 2.20. The summed E-state index contributed by atoms with van der Waals surface area (Å²) in [5, 5.41) is 13.9. The van der Waals surface area contributed by atoms with Gasteiger partial charge in [-0.3, -0.25) is 4.79 Å². The maximum atomic E-state index is 12.1. The first-order chi connectivity index (χ1) is 9.89. The van der Waals surface area contributed by atoms with Crippen LogP contribution in [0.1, 0.15) is 33.1 Å². The van der Waals surface area contributed by atoms with Gasteiger partial charge in [0.1, 0.15) is 0 Å². The molecule has 1 fully saturated rings. The van der Waals surface area contributed by atoms with Crippen LogP contribution in [0.5, 0.6) is 0 Å². The van der Waals surface area contributed by atoms with Gasteiger partial charge in [-0.1, -0.05) is 0 Å². The Morgan fingerprint density at radius 3 is 2.62 bits per heavy atom. The summed E-state index contributed by atoms with van der Waals surface area (Å²) in [4.78, 5) is 14.3. The minimum absolute atomic E-state index is 0.120. The lowest BCUT2D eigenvalue weighted by atomic mass is 10.1. The maximum Gasteiger partial charge on any atom is 0.268 e. The number of anilines is 1. The first kappa shape index (κ1) is 16.0. The second-order valence-electron chi connectivity index (χ2n) is 6.26. The molecule has 6 nitrogen and oxygen atoms in total. The number of ether oxygens (including phenoxy) is 1. The summed E-state index contributed by atoms with van der Waals surface area (Å²) in [5.41, 5.74) is -0.0402. The molecule has 0 atom stereocenters. The van der Waals surface area contributed by atoms with Crippen molar-refractivity contribution in [2.75, 3.05) is 25.1 Å². The lowest BCUT2D eigenvalue weighted by Gasteiger charge is -2.32. The zero-order valence-electron chi connectivity index (χ0n) is 13.1. The standard InChI is InChI=1S/C15H25N3O3/c1-15(2,20)6-9-18-14(19)10-12(11-16-18)17-7-4-13(21-3)5-8-17/h10-11,13,20H,4-9H2,1-3H3. The first-order valence-corrected chi connectivity index (χ1v) is 7.46. The molecule has 1 aromatic rings. The van der Waals surface area contributed by atoms with Gasteiger partial charge in [0.25, 0.3) is 5.56 Å². The van der Waals surface area contributed by atoms with E-state index in [-0.39, 0.29) is 5.56 Å². The Morgan fingerprint density at radius 1 is 1.43 bits per heavy atom. The van der Waals surface area contributed by atoms with Gasteiger partial charge in [0, 0.05) is 32.8 Å². The molecule has 1 saturated heterocycles. The molecule has 0 unspecified atom stereocenters. The van der Waals surface area contributed by atoms with Crippen LogP contribution in [0.2, 0.25) is 0 Å². The molecule has 0 bridgehead atoms. The summed E-state index contributed by atoms with van der Waals surface area (Å²) < 4.78 is 6.76. The highest BCUT2D eigenvalue weighted by atomic mass is 16.5. The van der Waals surface area contributed by atoms with E-state index < -0.39 is 5.60 Å². The second-order valence-corrected chi connectivity index (χ2v) is 6.26. The van der Waals surface area contributed by atoms with Gasteiger partial charge in [-0.05, 0) is 33.1 Å². The third-order valence-electron chi connectivity index (χ3n) is 3.93. The van der Waals surface area contributed by atoms with Gasteiger partial charge >= 0.3 is 0 Å². The SMILES string of the molecule is COC1CCN(c2cnn(CCC(C)(C)O)c(=O)c2)CC1. The molecule has 0 saturated carbocycles. The van der Waals surface area contributed by atoms with Crippen molar-refractivity contribution in [3.63, 3.8) is 0 Å². The van der Waals surface area contributed by atoms with Crippen LogP contribution in [0.4, 0.5) is 5.69 Å². The highest BCUT2D eigenvalue weighted by molar-refractivity contribution is 5.43. The molecule has 6 heteroatoms. The number of aryl methyl sites for hydroxylation is 1. The van der Waals surface area contributed by atoms with Crippen molar-refractivity contribution < 1.29 is 9.84 Å². The van der Waals surface area contributed by atoms with Crippen LogP contribution in [0.25, 0.3) is 0 Å². The van der Waals surface area contributed by atoms with E-state index in [0.717, 1.165) is 31.6 Å². The average molecular weight is 295 g/mol. The number of rotatable bonds is 5. The van der Waals surface area contributed by atoms with Crippen molar-refractivity contribution in [3.05, 3.63) is 22.6 Å². The van der Waals surface area contributed by atoms with Crippen molar-refractivity contribution in [1.29, 1.82) is 0 Å². The molecular formula is C15H25N3O3. The monoisotopic (exact) mass is 295 g/mol. The van der Waals surface area contributed by atoms with Gasteiger partial charge in [-0.2, -0.15) is 5.10 Å². The van der Waals surface area contributed by atoms with E-state index in [1.807, 2.05) is 0 Å². The van der Waals surface area contributed by atoms with Gasteiger partial charge in [0.2, 0.25) is 0 Å². The fourth-order valence-corrected chi connectivity index (χ4v) is 2.49. The van der Waals surface area contributed by atoms with E-state index >= 15 is 0 Å². The fraction of sp³-hybridized carbons (Fsp3) is 0.733. The number of hydrogen-bond acceptors (Lipinski definition) is 5. The summed E-state index contributed by atoms with van der Waals surface area (Å²) in [6, 6.07) is 1.63. The molecule has 0 radical (unpaired) electrons. The van der Waals surface area contributed by atoms with Crippen molar-refractivity contribution in [1.82, 2.24) is 9.78 Å². The quantitative estimate of drug-likeness (QED) is 0.878. The van der Waals surface area contributed by atoms with Gasteiger partial charge in [0.05, 0.1) is 23.6 Å². The molecule has 0 spiro atoms. The Labute approximate surface area is 125 Å². The van der Waals surface area contributed by atoms with E-state index in [9.17, 15) is 9.90 Å². The van der Waals surface area contributed by atoms with Gasteiger partial charge in [0.15, 0.2) is 0 Å². The van der Waals surface area contributed by atoms with Crippen molar-refractivity contribution in [3.8, 4) is 0 Å². The van der Waals surface area contributed by atoms with Crippen LogP contribution in [0.15, 0.2) is 17.1 Å². The Kier molecular flexibility index (Phi) is 5.00. The zero-order chi connectivity index (χ0) is 15.5. The molecule has 1 N–H and O–H groups in total. The third kappa shape index (κ3) is 4.54. The summed E-state index contributed by atoms with van der Waals surface area (Å²) in [6.45, 7) is 5.65. The minimum Gasteiger partial charge on any atom is -0.390 e. The predicted molar refractivity (Wildman–Crippen MR) is 81.7 cm³/mol. The summed E-state index contributed by atoms with van der Waals surface area (Å²) in [5.74, 6) is 0. The van der Waals surface area contributed by atoms with Crippen LogP contribution in [0.3, 0.4) is 0 Å². The second kappa shape index (κ2) is 6.58. The average Bonchev–Trinajstić information content (AvgIpc) is 2.45. The Bertz CT molecular complexity index is 514. The number of methoxy groups -OCH3 is 1. The number of aliphatic hydroxyl groups is 1. The number of aromatic nitrogens is 2. The highest BCUT2D eigenvalue weighted by Crippen LogP contribution is 2.19. The Balaban J connectivity index is 2.01. The molecule has 2 heterocycles. The van der Waals surface area contributed by atoms with Crippen molar-refractivity contribution in [2.24, 2.45) is 0 Å². The largest absolute Gasteiger partial charge is 0.390 e. The molecule has 2 rings (SSSR count). The number of hydrogen-bond donors (Lipinski definition) is 1. The molecule has 1 aliphatic rings. The lowest BCUT2D eigenvalue weighted by Crippen LogP contribution is -2.38. The summed E-state index contributed by atoms with van der Waals surface area (Å²) in [6.07, 6.45) is 4.50. The Morgan fingerprint density at radius 2 is 2.10 bits per heavy atom. The molecule has 1 aromatic heterocycles. The van der Waals surface area contributed by atoms with Crippen LogP contribution in [-0.2, 0) is 11.3 Å². The van der Waals surface area contributed by atoms with E-state index in [4.69, 9.17) is 4.74 Å². The van der Waals surface area contributed by atoms with Crippen LogP contribution < -0.4 is 10.5 Å². The minimum atomic E-state index is -0.790. The van der Waals surface area contributed by atoms with Gasteiger partial charge < -0.3 is 14.7 Å². The lowest BCUT2D eigenvalue weighted by molar-refractivity contribution is 0.0646. The summed E-state index contributed by atoms with van der Waals surface area (Å²) >= 11 is 0. The van der Waals surface area contributed by atoms with Crippen LogP contribution in [0, 0.1) is 0 Å². The maximum absolute atomic E-state index is 12.1. The zero-order valence-corrected chi connectivity index (χ0v) is 13.1. The van der Waals surface area contributed by atoms with E-state index in [0.29, 0.717) is 19.1 Å². The smallest absolute Gasteiger partial charge is 0.268 e. The first-order valence-electron chi connectivity index (χ1n) is 7.46. The van der Waals surface area contributed by atoms with Gasteiger partial charge in [-0.25, -0.2) is 4.68 Å². The van der Waals surface area contributed by atoms with Crippen LogP contribution in [-0.4, -0.2) is 46.8 Å². The third-order valence-corrected chi connectivity index (χ3v) is 3.93. The topological polar surface area (TPSA) is 67.6 Å². The van der Waals surface area contributed by atoms with Crippen LogP contribution >= 0.6 is 0 Å². The predicted octanol–water partition coefficient (Wildman–Crippen LogP) is 1.02. The molecule has 118 valence electrons. The van der Waals surface area contributed by atoms with Gasteiger partial charge in [-0.15, -0.1) is 0 Å². The molecule has 1 aliphatic heterocycles. The number of nitrogens with zero attached hydrogens (tertiary/aromatic N) is 3. The molecular weight excluding hydrogens is 270 g/mol. The summed E-state index contributed by atoms with van der Waals surface area (Å²) in [7, 11) is 1.74. The fourth-order valence-electron chi connectivity index (χ4n) is 2.49. The Hall–Kier alpha value is -1.40. The number of piperidine rings is 1. The van der Waals surface area contributed by atoms with Crippen molar-refractivity contribution >= 4 is 5.69 Å². The van der Waals surface area contributed by atoms with E-state index in [1.165, 1.54) is 4.68 Å². The van der Waals surface area contributed by atoms with E-state index in [2.05, 4.69) is 10.00 Å². The van der Waals surface area contributed by atoms with Crippen molar-refractivity contribution in [2.45, 2.75) is 51.4 Å².